The number of rotatable bonds is 8. The quantitative estimate of drug-likeness (QED) is 0.148. The highest BCUT2D eigenvalue weighted by Gasteiger charge is 2.21. The Balaban J connectivity index is 0.894. The van der Waals surface area contributed by atoms with Gasteiger partial charge in [0.1, 0.15) is 0 Å². The van der Waals surface area contributed by atoms with E-state index in [9.17, 15) is 0 Å². The number of thiophene rings is 1. The summed E-state index contributed by atoms with van der Waals surface area (Å²) in [6, 6.07) is 93.1. The third-order valence-corrected chi connectivity index (χ3v) is 14.7. The number of hydrogen-bond acceptors (Lipinski definition) is 2. The molecule has 0 amide bonds. The summed E-state index contributed by atoms with van der Waals surface area (Å²) < 4.78 is 5.02. The Kier molecular flexibility index (Phi) is 9.40. The van der Waals surface area contributed by atoms with Crippen LogP contribution in [0.5, 0.6) is 0 Å². The molecule has 67 heavy (non-hydrogen) atoms. The third kappa shape index (κ3) is 6.63. The van der Waals surface area contributed by atoms with Crippen LogP contribution < -0.4 is 4.90 Å². The predicted octanol–water partition coefficient (Wildman–Crippen LogP) is 18.4. The first-order chi connectivity index (χ1) is 33.2. The van der Waals surface area contributed by atoms with E-state index in [1.165, 1.54) is 103 Å². The standard InChI is InChI=1S/C64H42N2S/c1-2-17-50-45(15-1)16-13-23-51(50)46-37-41-49(42-38-46)65(60-27-9-6-21-55(60)57-24-14-25-58-56-22-7-12-30-63(56)67-64(57)58)48-39-35-44(36-40-48)43-31-33-47(34-32-43)52-18-3-8-26-59(52)66-61-28-10-4-19-53(61)54-20-5-11-29-62(54)66/h1-42H. The molecule has 0 spiro atoms. The van der Waals surface area contributed by atoms with Gasteiger partial charge < -0.3 is 9.47 Å². The molecule has 0 radical (unpaired) electrons. The fourth-order valence-corrected chi connectivity index (χ4v) is 11.5. The van der Waals surface area contributed by atoms with Crippen LogP contribution in [0.2, 0.25) is 0 Å². The minimum atomic E-state index is 1.09. The SMILES string of the molecule is c1ccc(N(c2ccc(-c3ccc(-c4ccccc4-n4c5ccccc5c5ccccc54)cc3)cc2)c2ccc(-c3cccc4ccccc34)cc2)c(-c2cccc3c2sc2ccccc23)c1. The van der Waals surface area contributed by atoms with E-state index in [1.54, 1.807) is 0 Å². The lowest BCUT2D eigenvalue weighted by molar-refractivity contribution is 1.18. The second kappa shape index (κ2) is 16.2. The monoisotopic (exact) mass is 870 g/mol. The molecule has 11 aromatic carbocycles. The van der Waals surface area contributed by atoms with E-state index >= 15 is 0 Å². The van der Waals surface area contributed by atoms with Gasteiger partial charge in [-0.3, -0.25) is 0 Å². The molecule has 0 atom stereocenters. The Morgan fingerprint density at radius 1 is 0.299 bits per heavy atom. The Morgan fingerprint density at radius 2 is 0.761 bits per heavy atom. The van der Waals surface area contributed by atoms with Gasteiger partial charge in [-0.25, -0.2) is 0 Å². The van der Waals surface area contributed by atoms with Crippen molar-refractivity contribution in [3.63, 3.8) is 0 Å². The van der Waals surface area contributed by atoms with Gasteiger partial charge in [0, 0.05) is 59.0 Å². The van der Waals surface area contributed by atoms with Gasteiger partial charge >= 0.3 is 0 Å². The van der Waals surface area contributed by atoms with Crippen molar-refractivity contribution in [1.82, 2.24) is 4.57 Å². The van der Waals surface area contributed by atoms with Crippen molar-refractivity contribution in [2.24, 2.45) is 0 Å². The number of hydrogen-bond donors (Lipinski definition) is 0. The van der Waals surface area contributed by atoms with Gasteiger partial charge in [0.2, 0.25) is 0 Å². The van der Waals surface area contributed by atoms with Gasteiger partial charge in [-0.2, -0.15) is 0 Å². The molecule has 0 aliphatic rings. The molecule has 2 aromatic heterocycles. The van der Waals surface area contributed by atoms with E-state index in [-0.39, 0.29) is 0 Å². The van der Waals surface area contributed by atoms with Gasteiger partial charge in [-0.1, -0.05) is 200 Å². The van der Waals surface area contributed by atoms with E-state index in [1.807, 2.05) is 11.3 Å². The number of nitrogens with zero attached hydrogens (tertiary/aromatic N) is 2. The second-order valence-electron chi connectivity index (χ2n) is 17.2. The topological polar surface area (TPSA) is 8.17 Å². The molecule has 0 saturated carbocycles. The van der Waals surface area contributed by atoms with Crippen LogP contribution in [0.15, 0.2) is 255 Å². The summed E-state index contributed by atoms with van der Waals surface area (Å²) in [7, 11) is 0. The molecule has 13 aromatic rings. The first-order valence-electron chi connectivity index (χ1n) is 22.9. The highest BCUT2D eigenvalue weighted by atomic mass is 32.1. The van der Waals surface area contributed by atoms with Crippen molar-refractivity contribution in [3.05, 3.63) is 255 Å². The van der Waals surface area contributed by atoms with Crippen LogP contribution in [0.25, 0.3) is 103 Å². The Labute approximate surface area is 393 Å². The maximum Gasteiger partial charge on any atom is 0.0541 e. The van der Waals surface area contributed by atoms with Gasteiger partial charge in [0.15, 0.2) is 0 Å². The number of fused-ring (bicyclic) bond motifs is 7. The van der Waals surface area contributed by atoms with Crippen LogP contribution in [0.3, 0.4) is 0 Å². The zero-order valence-electron chi connectivity index (χ0n) is 36.6. The smallest absolute Gasteiger partial charge is 0.0541 e. The summed E-state index contributed by atoms with van der Waals surface area (Å²) in [6.45, 7) is 0. The molecule has 0 fully saturated rings. The Bertz CT molecular complexity index is 3910. The average Bonchev–Trinajstić information content (AvgIpc) is 3.95. The van der Waals surface area contributed by atoms with Crippen LogP contribution in [-0.4, -0.2) is 4.57 Å². The molecule has 0 unspecified atom stereocenters. The van der Waals surface area contributed by atoms with Crippen molar-refractivity contribution < 1.29 is 0 Å². The molecule has 3 heteroatoms. The summed E-state index contributed by atoms with van der Waals surface area (Å²) in [5, 5.41) is 7.63. The first-order valence-corrected chi connectivity index (χ1v) is 23.7. The third-order valence-electron chi connectivity index (χ3n) is 13.4. The number of aromatic nitrogens is 1. The molecule has 13 rings (SSSR count). The maximum atomic E-state index is 2.42. The van der Waals surface area contributed by atoms with Crippen molar-refractivity contribution in [2.75, 3.05) is 4.90 Å². The summed E-state index contributed by atoms with van der Waals surface area (Å²) in [5.74, 6) is 0. The van der Waals surface area contributed by atoms with E-state index in [4.69, 9.17) is 0 Å². The molecule has 2 heterocycles. The Hall–Kier alpha value is -8.50. The summed E-state index contributed by atoms with van der Waals surface area (Å²) in [4.78, 5) is 2.42. The molecule has 0 aliphatic heterocycles. The fourth-order valence-electron chi connectivity index (χ4n) is 10.3. The largest absolute Gasteiger partial charge is 0.310 e. The predicted molar refractivity (Wildman–Crippen MR) is 288 cm³/mol. The average molecular weight is 871 g/mol. The van der Waals surface area contributed by atoms with Gasteiger partial charge in [-0.05, 0) is 93.2 Å². The van der Waals surface area contributed by atoms with Crippen molar-refractivity contribution in [1.29, 1.82) is 0 Å². The molecule has 2 nitrogen and oxygen atoms in total. The summed E-state index contributed by atoms with van der Waals surface area (Å²) in [6.07, 6.45) is 0. The van der Waals surface area contributed by atoms with Crippen LogP contribution in [0.4, 0.5) is 17.1 Å². The van der Waals surface area contributed by atoms with E-state index in [0.29, 0.717) is 0 Å². The van der Waals surface area contributed by atoms with E-state index in [0.717, 1.165) is 17.1 Å². The molecule has 0 bridgehead atoms. The molecule has 0 aliphatic carbocycles. The lowest BCUT2D eigenvalue weighted by Crippen LogP contribution is -2.11. The normalized spacial score (nSPS) is 11.6. The van der Waals surface area contributed by atoms with Gasteiger partial charge in [0.05, 0.1) is 22.4 Å². The highest BCUT2D eigenvalue weighted by molar-refractivity contribution is 7.26. The summed E-state index contributed by atoms with van der Waals surface area (Å²) >= 11 is 1.88. The number of benzene rings is 11. The molecule has 0 saturated heterocycles. The first kappa shape index (κ1) is 38.9. The summed E-state index contributed by atoms with van der Waals surface area (Å²) in [5.41, 5.74) is 16.5. The lowest BCUT2D eigenvalue weighted by atomic mass is 9.97. The van der Waals surface area contributed by atoms with Gasteiger partial charge in [0.25, 0.3) is 0 Å². The van der Waals surface area contributed by atoms with Crippen LogP contribution >= 0.6 is 11.3 Å². The fraction of sp³-hybridized carbons (Fsp3) is 0. The molecule has 0 N–H and O–H groups in total. The van der Waals surface area contributed by atoms with Crippen LogP contribution in [0.1, 0.15) is 0 Å². The lowest BCUT2D eigenvalue weighted by Gasteiger charge is -2.28. The van der Waals surface area contributed by atoms with Crippen molar-refractivity contribution in [3.8, 4) is 50.2 Å². The molecule has 314 valence electrons. The van der Waals surface area contributed by atoms with E-state index < -0.39 is 0 Å². The maximum absolute atomic E-state index is 2.42. The van der Waals surface area contributed by atoms with Gasteiger partial charge in [-0.15, -0.1) is 11.3 Å². The highest BCUT2D eigenvalue weighted by Crippen LogP contribution is 2.47. The molecular weight excluding hydrogens is 829 g/mol. The van der Waals surface area contributed by atoms with Crippen molar-refractivity contribution >= 4 is 81.1 Å². The van der Waals surface area contributed by atoms with E-state index in [2.05, 4.69) is 264 Å². The Morgan fingerprint density at radius 3 is 1.49 bits per heavy atom. The molecular formula is C64H42N2S. The number of para-hydroxylation sites is 4. The van der Waals surface area contributed by atoms with Crippen LogP contribution in [-0.2, 0) is 0 Å². The minimum absolute atomic E-state index is 1.09. The zero-order valence-corrected chi connectivity index (χ0v) is 37.4. The van der Waals surface area contributed by atoms with Crippen molar-refractivity contribution in [2.45, 2.75) is 0 Å². The van der Waals surface area contributed by atoms with Crippen LogP contribution in [0, 0.1) is 0 Å². The second-order valence-corrected chi connectivity index (χ2v) is 18.3. The zero-order chi connectivity index (χ0) is 44.3. The minimum Gasteiger partial charge on any atom is -0.310 e. The number of anilines is 3.